The minimum atomic E-state index is 0.932. The van der Waals surface area contributed by atoms with Crippen LogP contribution in [-0.2, 0) is 0 Å². The fraction of sp³-hybridized carbons (Fsp3) is 0.786. The van der Waals surface area contributed by atoms with E-state index in [1.54, 1.807) is 38.5 Å². The third-order valence-corrected chi connectivity index (χ3v) is 11.2. The van der Waals surface area contributed by atoms with E-state index in [0.717, 1.165) is 71.0 Å². The van der Waals surface area contributed by atoms with Gasteiger partial charge in [0.25, 0.3) is 0 Å². The summed E-state index contributed by atoms with van der Waals surface area (Å²) >= 11 is 0. The molecular formula is C28H38. The lowest BCUT2D eigenvalue weighted by Gasteiger charge is -2.47. The van der Waals surface area contributed by atoms with Crippen LogP contribution in [0.5, 0.6) is 0 Å². The molecule has 0 aromatic rings. The van der Waals surface area contributed by atoms with Crippen LogP contribution < -0.4 is 0 Å². The maximum absolute atomic E-state index is 2.66. The molecule has 0 heteroatoms. The van der Waals surface area contributed by atoms with Crippen molar-refractivity contribution in [1.82, 2.24) is 0 Å². The Morgan fingerprint density at radius 3 is 0.821 bits per heavy atom. The van der Waals surface area contributed by atoms with E-state index in [1.165, 1.54) is 25.7 Å². The van der Waals surface area contributed by atoms with E-state index in [2.05, 4.69) is 36.5 Å². The Morgan fingerprint density at radius 1 is 0.286 bits per heavy atom. The molecule has 12 unspecified atom stereocenters. The molecule has 8 aliphatic carbocycles. The first-order valence-corrected chi connectivity index (χ1v) is 12.9. The summed E-state index contributed by atoms with van der Waals surface area (Å²) in [6.07, 6.45) is 31.2. The van der Waals surface area contributed by atoms with Gasteiger partial charge in [-0.1, -0.05) is 36.5 Å². The monoisotopic (exact) mass is 374 g/mol. The van der Waals surface area contributed by atoms with Crippen LogP contribution in [-0.4, -0.2) is 0 Å². The summed E-state index contributed by atoms with van der Waals surface area (Å²) in [5.41, 5.74) is 0. The van der Waals surface area contributed by atoms with E-state index in [1.807, 2.05) is 0 Å². The van der Waals surface area contributed by atoms with Crippen LogP contribution in [0.3, 0.4) is 0 Å². The van der Waals surface area contributed by atoms with Gasteiger partial charge in [0.15, 0.2) is 0 Å². The lowest BCUT2D eigenvalue weighted by atomic mass is 9.58. The highest BCUT2D eigenvalue weighted by Crippen LogP contribution is 2.58. The Hall–Kier alpha value is -0.780. The lowest BCUT2D eigenvalue weighted by molar-refractivity contribution is 0.0774. The average molecular weight is 375 g/mol. The molecule has 0 N–H and O–H groups in total. The largest absolute Gasteiger partial charge is 0.0848 e. The van der Waals surface area contributed by atoms with Crippen LogP contribution in [0.4, 0.5) is 0 Å². The molecule has 0 amide bonds. The van der Waals surface area contributed by atoms with Crippen LogP contribution >= 0.6 is 0 Å². The van der Waals surface area contributed by atoms with E-state index in [4.69, 9.17) is 0 Å². The molecule has 150 valence electrons. The van der Waals surface area contributed by atoms with Gasteiger partial charge in [-0.2, -0.15) is 0 Å². The molecule has 4 saturated carbocycles. The van der Waals surface area contributed by atoms with E-state index in [-0.39, 0.29) is 0 Å². The second-order valence-corrected chi connectivity index (χ2v) is 11.9. The van der Waals surface area contributed by atoms with Gasteiger partial charge in [0.2, 0.25) is 0 Å². The predicted molar refractivity (Wildman–Crippen MR) is 115 cm³/mol. The van der Waals surface area contributed by atoms with Gasteiger partial charge in [-0.15, -0.1) is 0 Å². The zero-order valence-electron chi connectivity index (χ0n) is 17.5. The van der Waals surface area contributed by atoms with Crippen molar-refractivity contribution in [3.63, 3.8) is 0 Å². The molecule has 0 aliphatic heterocycles. The lowest BCUT2D eigenvalue weighted by Crippen LogP contribution is -2.38. The summed E-state index contributed by atoms with van der Waals surface area (Å²) in [5.74, 6) is 11.8. The quantitative estimate of drug-likeness (QED) is 0.399. The first kappa shape index (κ1) is 17.0. The summed E-state index contributed by atoms with van der Waals surface area (Å²) < 4.78 is 0. The molecule has 8 rings (SSSR count). The molecule has 0 heterocycles. The van der Waals surface area contributed by atoms with Gasteiger partial charge in [-0.05, 0) is 135 Å². The van der Waals surface area contributed by atoms with Gasteiger partial charge in [-0.3, -0.25) is 0 Å². The number of rotatable bonds is 0. The highest BCUT2D eigenvalue weighted by molar-refractivity contribution is 5.17. The Balaban J connectivity index is 1.21. The summed E-state index contributed by atoms with van der Waals surface area (Å²) in [6, 6.07) is 0. The number of allylic oxidation sites excluding steroid dienone is 6. The van der Waals surface area contributed by atoms with Crippen LogP contribution in [0.25, 0.3) is 0 Å². The molecule has 0 spiro atoms. The maximum atomic E-state index is 2.66. The first-order valence-electron chi connectivity index (χ1n) is 12.9. The van der Waals surface area contributed by atoms with Gasteiger partial charge < -0.3 is 0 Å². The molecule has 0 aromatic heterocycles. The van der Waals surface area contributed by atoms with E-state index >= 15 is 0 Å². The molecule has 0 aromatic carbocycles. The minimum Gasteiger partial charge on any atom is -0.0848 e. The van der Waals surface area contributed by atoms with Crippen molar-refractivity contribution in [1.29, 1.82) is 0 Å². The first-order chi connectivity index (χ1) is 13.8. The predicted octanol–water partition coefficient (Wildman–Crippen LogP) is 7.05. The molecular weight excluding hydrogens is 336 g/mol. The molecule has 4 fully saturated rings. The maximum Gasteiger partial charge on any atom is -0.0196 e. The van der Waals surface area contributed by atoms with Crippen LogP contribution in [0.15, 0.2) is 36.5 Å². The van der Waals surface area contributed by atoms with Crippen molar-refractivity contribution in [3.8, 4) is 0 Å². The van der Waals surface area contributed by atoms with Crippen molar-refractivity contribution < 1.29 is 0 Å². The molecule has 0 saturated heterocycles. The van der Waals surface area contributed by atoms with Crippen LogP contribution in [0.1, 0.15) is 64.2 Å². The van der Waals surface area contributed by atoms with Crippen LogP contribution in [0.2, 0.25) is 0 Å². The number of hydrogen-bond acceptors (Lipinski definition) is 0. The summed E-state index contributed by atoms with van der Waals surface area (Å²) in [7, 11) is 0. The fourth-order valence-electron chi connectivity index (χ4n) is 9.99. The Morgan fingerprint density at radius 2 is 0.536 bits per heavy atom. The highest BCUT2D eigenvalue weighted by atomic mass is 14.5. The second-order valence-electron chi connectivity index (χ2n) is 11.9. The Kier molecular flexibility index (Phi) is 3.85. The zero-order valence-corrected chi connectivity index (χ0v) is 17.5. The van der Waals surface area contributed by atoms with Crippen molar-refractivity contribution in [2.45, 2.75) is 64.2 Å². The van der Waals surface area contributed by atoms with Crippen molar-refractivity contribution >= 4 is 0 Å². The summed E-state index contributed by atoms with van der Waals surface area (Å²) in [6.45, 7) is 0. The van der Waals surface area contributed by atoms with Crippen molar-refractivity contribution in [2.75, 3.05) is 0 Å². The fourth-order valence-corrected chi connectivity index (χ4v) is 9.99. The van der Waals surface area contributed by atoms with Gasteiger partial charge in [0.1, 0.15) is 0 Å². The minimum absolute atomic E-state index is 0.932. The highest BCUT2D eigenvalue weighted by Gasteiger charge is 2.49. The average Bonchev–Trinajstić information content (AvgIpc) is 3.50. The second kappa shape index (κ2) is 6.36. The van der Waals surface area contributed by atoms with E-state index in [0.29, 0.717) is 0 Å². The van der Waals surface area contributed by atoms with Crippen LogP contribution in [0, 0.1) is 71.0 Å². The summed E-state index contributed by atoms with van der Waals surface area (Å²) in [5, 5.41) is 0. The van der Waals surface area contributed by atoms with Crippen molar-refractivity contribution in [2.24, 2.45) is 71.0 Å². The molecule has 8 aliphatic rings. The Bertz CT molecular complexity index is 652. The van der Waals surface area contributed by atoms with E-state index in [9.17, 15) is 0 Å². The summed E-state index contributed by atoms with van der Waals surface area (Å²) in [4.78, 5) is 0. The smallest absolute Gasteiger partial charge is 0.0196 e. The topological polar surface area (TPSA) is 0 Å². The van der Waals surface area contributed by atoms with Gasteiger partial charge in [-0.25, -0.2) is 0 Å². The standard InChI is InChI=1S/C28H38/c1-2-18-4-3-17(1)23-9-11-25-19-5-7-21(15-19)27(25)13-14-28-22-8-6-20(16-22)26(28)12-10-24(18)23/h1-2,5-8,17-28H,3-4,9-16H2. The van der Waals surface area contributed by atoms with Gasteiger partial charge in [0, 0.05) is 0 Å². The normalized spacial score (nSPS) is 58.3. The third-order valence-electron chi connectivity index (χ3n) is 11.2. The zero-order chi connectivity index (χ0) is 18.2. The SMILES string of the molecule is C1=CC2CCC1C1CCC3C4C=CC(C4)C3CCC3C4C=CC(C4)C3CCC21. The van der Waals surface area contributed by atoms with Crippen molar-refractivity contribution in [3.05, 3.63) is 36.5 Å². The molecule has 28 heavy (non-hydrogen) atoms. The number of fused-ring (bicyclic) bond motifs is 11. The van der Waals surface area contributed by atoms with Gasteiger partial charge >= 0.3 is 0 Å². The molecule has 12 atom stereocenters. The Labute approximate surface area is 171 Å². The van der Waals surface area contributed by atoms with Gasteiger partial charge in [0.05, 0.1) is 0 Å². The third kappa shape index (κ3) is 2.42. The molecule has 0 nitrogen and oxygen atoms in total. The molecule has 6 bridgehead atoms. The molecule has 0 radical (unpaired) electrons. The van der Waals surface area contributed by atoms with E-state index < -0.39 is 0 Å². The number of hydrogen-bond donors (Lipinski definition) is 0.